The summed E-state index contributed by atoms with van der Waals surface area (Å²) < 4.78 is 2.12. The fraction of sp³-hybridized carbons (Fsp3) is 0.526. The minimum Gasteiger partial charge on any atom is -0.355 e. The number of benzene rings is 1. The van der Waals surface area contributed by atoms with E-state index in [0.29, 0.717) is 11.6 Å². The highest BCUT2D eigenvalue weighted by atomic mass is 35.5. The summed E-state index contributed by atoms with van der Waals surface area (Å²) >= 11 is 7.46. The van der Waals surface area contributed by atoms with Gasteiger partial charge in [-0.25, -0.2) is 0 Å². The van der Waals surface area contributed by atoms with Gasteiger partial charge in [0.2, 0.25) is 5.91 Å². The minimum atomic E-state index is -0.216. The Morgan fingerprint density at radius 2 is 1.92 bits per heavy atom. The summed E-state index contributed by atoms with van der Waals surface area (Å²) in [7, 11) is 0. The summed E-state index contributed by atoms with van der Waals surface area (Å²) in [5.74, 6) is 0.842. The second-order valence-corrected chi connectivity index (χ2v) is 7.92. The number of hydrogen-bond acceptors (Lipinski definition) is 4. The molecule has 7 heteroatoms. The third-order valence-electron chi connectivity index (χ3n) is 4.06. The van der Waals surface area contributed by atoms with Crippen LogP contribution in [0.5, 0.6) is 0 Å². The molecule has 0 radical (unpaired) electrons. The zero-order valence-electron chi connectivity index (χ0n) is 15.7. The van der Waals surface area contributed by atoms with E-state index in [0.717, 1.165) is 29.5 Å². The van der Waals surface area contributed by atoms with E-state index in [9.17, 15) is 4.79 Å². The highest BCUT2D eigenvalue weighted by molar-refractivity contribution is 8.00. The number of halogens is 1. The maximum absolute atomic E-state index is 12.1. The molecule has 0 aliphatic carbocycles. The minimum absolute atomic E-state index is 0.0195. The van der Waals surface area contributed by atoms with Crippen LogP contribution in [0.15, 0.2) is 29.4 Å². The highest BCUT2D eigenvalue weighted by Crippen LogP contribution is 2.28. The van der Waals surface area contributed by atoms with E-state index in [4.69, 9.17) is 11.6 Å². The molecule has 5 nitrogen and oxygen atoms in total. The average molecular weight is 395 g/mol. The zero-order valence-corrected chi connectivity index (χ0v) is 17.2. The molecule has 0 aliphatic heterocycles. The second kappa shape index (κ2) is 10.6. The van der Waals surface area contributed by atoms with Gasteiger partial charge in [-0.05, 0) is 44.5 Å². The van der Waals surface area contributed by atoms with Crippen LogP contribution in [0.2, 0.25) is 5.02 Å². The monoisotopic (exact) mass is 394 g/mol. The average Bonchev–Trinajstić information content (AvgIpc) is 3.02. The second-order valence-electron chi connectivity index (χ2n) is 6.18. The number of nitrogens with one attached hydrogen (secondary N) is 1. The number of nitrogens with zero attached hydrogens (tertiary/aromatic N) is 3. The molecule has 26 heavy (non-hydrogen) atoms. The Hall–Kier alpha value is -1.53. The van der Waals surface area contributed by atoms with E-state index in [1.165, 1.54) is 31.0 Å². The number of rotatable bonds is 10. The van der Waals surface area contributed by atoms with Crippen LogP contribution in [0.25, 0.3) is 11.4 Å². The lowest BCUT2D eigenvalue weighted by atomic mass is 10.2. The van der Waals surface area contributed by atoms with Crippen LogP contribution in [0.3, 0.4) is 0 Å². The number of hydrogen-bond donors (Lipinski definition) is 1. The molecule has 2 rings (SSSR count). The van der Waals surface area contributed by atoms with Crippen molar-refractivity contribution in [1.29, 1.82) is 0 Å². The zero-order chi connectivity index (χ0) is 18.9. The lowest BCUT2D eigenvalue weighted by Crippen LogP contribution is -2.30. The van der Waals surface area contributed by atoms with Crippen LogP contribution >= 0.6 is 23.4 Å². The van der Waals surface area contributed by atoms with Gasteiger partial charge in [0.25, 0.3) is 0 Å². The summed E-state index contributed by atoms with van der Waals surface area (Å²) in [4.78, 5) is 12.1. The summed E-state index contributed by atoms with van der Waals surface area (Å²) in [5.41, 5.74) is 0.981. The fourth-order valence-electron chi connectivity index (χ4n) is 2.62. The van der Waals surface area contributed by atoms with E-state index in [2.05, 4.69) is 27.0 Å². The van der Waals surface area contributed by atoms with Crippen molar-refractivity contribution >= 4 is 29.3 Å². The lowest BCUT2D eigenvalue weighted by molar-refractivity contribution is -0.120. The van der Waals surface area contributed by atoms with Gasteiger partial charge in [0.15, 0.2) is 11.0 Å². The van der Waals surface area contributed by atoms with Crippen LogP contribution in [0, 0.1) is 0 Å². The molecule has 0 bridgehead atoms. The quantitative estimate of drug-likeness (QED) is 0.464. The third-order valence-corrected chi connectivity index (χ3v) is 5.39. The number of amides is 1. The van der Waals surface area contributed by atoms with Crippen molar-refractivity contribution in [2.24, 2.45) is 0 Å². The molecular formula is C19H27ClN4OS. The van der Waals surface area contributed by atoms with Crippen molar-refractivity contribution in [3.63, 3.8) is 0 Å². The first-order valence-corrected chi connectivity index (χ1v) is 10.5. The Morgan fingerprint density at radius 3 is 2.58 bits per heavy atom. The molecule has 2 aromatic rings. The molecule has 0 fully saturated rings. The van der Waals surface area contributed by atoms with Gasteiger partial charge in [-0.3, -0.25) is 4.79 Å². The number of carbonyl (C=O) groups excluding carboxylic acids is 1. The van der Waals surface area contributed by atoms with Gasteiger partial charge in [-0.15, -0.1) is 10.2 Å². The van der Waals surface area contributed by atoms with E-state index in [-0.39, 0.29) is 11.2 Å². The van der Waals surface area contributed by atoms with E-state index in [1.807, 2.05) is 38.1 Å². The Labute approximate surface area is 164 Å². The smallest absolute Gasteiger partial charge is 0.233 e. The van der Waals surface area contributed by atoms with Crippen molar-refractivity contribution in [3.8, 4) is 11.4 Å². The molecule has 0 spiro atoms. The summed E-state index contributed by atoms with van der Waals surface area (Å²) in [6.45, 7) is 7.49. The van der Waals surface area contributed by atoms with E-state index < -0.39 is 0 Å². The van der Waals surface area contributed by atoms with Gasteiger partial charge in [0, 0.05) is 23.7 Å². The van der Waals surface area contributed by atoms with Crippen molar-refractivity contribution in [2.45, 2.75) is 63.4 Å². The Morgan fingerprint density at radius 1 is 1.19 bits per heavy atom. The fourth-order valence-corrected chi connectivity index (χ4v) is 3.64. The standard InChI is InChI=1S/C19H27ClN4OS/c1-4-6-7-8-13-24-17(15-9-11-16(20)12-10-15)22-23-19(24)26-14(3)18(25)21-5-2/h9-12,14H,4-8,13H2,1-3H3,(H,21,25)/t14-/m0/s1. The molecule has 1 atom stereocenters. The molecule has 0 unspecified atom stereocenters. The van der Waals surface area contributed by atoms with Crippen molar-refractivity contribution < 1.29 is 4.79 Å². The van der Waals surface area contributed by atoms with Crippen molar-refractivity contribution in [1.82, 2.24) is 20.1 Å². The number of carbonyl (C=O) groups is 1. The number of unbranched alkanes of at least 4 members (excludes halogenated alkanes) is 3. The Kier molecular flexibility index (Phi) is 8.45. The molecule has 1 N–H and O–H groups in total. The van der Waals surface area contributed by atoms with Crippen molar-refractivity contribution in [3.05, 3.63) is 29.3 Å². The Balaban J connectivity index is 2.23. The molecule has 142 valence electrons. The number of aromatic nitrogens is 3. The van der Waals surface area contributed by atoms with Gasteiger partial charge in [0.05, 0.1) is 5.25 Å². The normalized spacial score (nSPS) is 12.2. The van der Waals surface area contributed by atoms with Crippen LogP contribution in [-0.4, -0.2) is 32.5 Å². The van der Waals surface area contributed by atoms with Crippen LogP contribution in [0.4, 0.5) is 0 Å². The topological polar surface area (TPSA) is 59.8 Å². The summed E-state index contributed by atoms with van der Waals surface area (Å²) in [5, 5.41) is 12.9. The van der Waals surface area contributed by atoms with Crippen molar-refractivity contribution in [2.75, 3.05) is 6.54 Å². The number of thioether (sulfide) groups is 1. The van der Waals surface area contributed by atoms with Gasteiger partial charge in [-0.1, -0.05) is 49.5 Å². The molecule has 1 aromatic heterocycles. The molecule has 0 aliphatic rings. The predicted octanol–water partition coefficient (Wildman–Crippen LogP) is 4.80. The largest absolute Gasteiger partial charge is 0.355 e. The molecule has 0 saturated heterocycles. The van der Waals surface area contributed by atoms with E-state index in [1.54, 1.807) is 0 Å². The third kappa shape index (κ3) is 5.74. The summed E-state index contributed by atoms with van der Waals surface area (Å²) in [6.07, 6.45) is 4.65. The van der Waals surface area contributed by atoms with Gasteiger partial charge >= 0.3 is 0 Å². The highest BCUT2D eigenvalue weighted by Gasteiger charge is 2.20. The molecule has 1 heterocycles. The molecular weight excluding hydrogens is 368 g/mol. The van der Waals surface area contributed by atoms with Crippen LogP contribution in [0.1, 0.15) is 46.5 Å². The van der Waals surface area contributed by atoms with Crippen LogP contribution in [-0.2, 0) is 11.3 Å². The lowest BCUT2D eigenvalue weighted by Gasteiger charge is -2.13. The SMILES string of the molecule is CCCCCCn1c(S[C@@H](C)C(=O)NCC)nnc1-c1ccc(Cl)cc1. The molecule has 1 amide bonds. The molecule has 1 aromatic carbocycles. The van der Waals surface area contributed by atoms with Crippen LogP contribution < -0.4 is 5.32 Å². The van der Waals surface area contributed by atoms with Gasteiger partial charge < -0.3 is 9.88 Å². The predicted molar refractivity (Wildman–Crippen MR) is 109 cm³/mol. The first-order chi connectivity index (χ1) is 12.6. The van der Waals surface area contributed by atoms with E-state index >= 15 is 0 Å². The summed E-state index contributed by atoms with van der Waals surface area (Å²) in [6, 6.07) is 7.63. The van der Waals surface area contributed by atoms with Gasteiger partial charge in [0.1, 0.15) is 0 Å². The maximum atomic E-state index is 12.1. The Bertz CT molecular complexity index is 702. The maximum Gasteiger partial charge on any atom is 0.233 e. The first kappa shape index (κ1) is 20.8. The van der Waals surface area contributed by atoms with Gasteiger partial charge in [-0.2, -0.15) is 0 Å². The molecule has 0 saturated carbocycles. The first-order valence-electron chi connectivity index (χ1n) is 9.20.